The summed E-state index contributed by atoms with van der Waals surface area (Å²) in [7, 11) is 6.52. The van der Waals surface area contributed by atoms with Crippen molar-refractivity contribution in [1.29, 1.82) is 0 Å². The second-order valence-electron chi connectivity index (χ2n) is 12.5. The molecular formula is C31H42Cl2N6. The Balaban J connectivity index is 1.19. The van der Waals surface area contributed by atoms with Gasteiger partial charge in [0.1, 0.15) is 0 Å². The zero-order chi connectivity index (χ0) is 27.1. The summed E-state index contributed by atoms with van der Waals surface area (Å²) in [5, 5.41) is 1.12. The van der Waals surface area contributed by atoms with Gasteiger partial charge in [-0.2, -0.15) is 0 Å². The lowest BCUT2D eigenvalue weighted by Crippen LogP contribution is -2.46. The van der Waals surface area contributed by atoms with Gasteiger partial charge in [-0.1, -0.05) is 47.5 Å². The first kappa shape index (κ1) is 27.3. The zero-order valence-corrected chi connectivity index (χ0v) is 25.1. The molecule has 8 heteroatoms. The monoisotopic (exact) mass is 568 g/mol. The quantitative estimate of drug-likeness (QED) is 0.349. The number of anilines is 1. The molecule has 3 atom stereocenters. The molecule has 0 radical (unpaired) electrons. The van der Waals surface area contributed by atoms with Crippen LogP contribution in [0.1, 0.15) is 43.2 Å². The number of piperazine rings is 1. The molecule has 1 saturated heterocycles. The van der Waals surface area contributed by atoms with Crippen molar-refractivity contribution in [3.63, 3.8) is 0 Å². The van der Waals surface area contributed by atoms with E-state index < -0.39 is 0 Å². The molecule has 0 amide bonds. The van der Waals surface area contributed by atoms with Crippen molar-refractivity contribution < 1.29 is 0 Å². The van der Waals surface area contributed by atoms with E-state index in [0.29, 0.717) is 21.5 Å². The maximum absolute atomic E-state index is 6.34. The van der Waals surface area contributed by atoms with Crippen molar-refractivity contribution in [2.24, 2.45) is 5.92 Å². The first-order chi connectivity index (χ1) is 18.8. The Morgan fingerprint density at radius 3 is 2.64 bits per heavy atom. The van der Waals surface area contributed by atoms with Crippen molar-refractivity contribution >= 4 is 40.2 Å². The predicted octanol–water partition coefficient (Wildman–Crippen LogP) is 5.89. The fraction of sp³-hybridized carbons (Fsp3) is 0.581. The van der Waals surface area contributed by atoms with Gasteiger partial charge in [0.2, 0.25) is 5.95 Å². The van der Waals surface area contributed by atoms with Gasteiger partial charge in [-0.3, -0.25) is 0 Å². The number of likely N-dealkylation sites (N-methyl/N-ethyl adjacent to an activating group) is 1. The third-order valence-electron chi connectivity index (χ3n) is 9.41. The van der Waals surface area contributed by atoms with Crippen LogP contribution in [0.15, 0.2) is 36.4 Å². The van der Waals surface area contributed by atoms with E-state index in [1.54, 1.807) is 5.56 Å². The van der Waals surface area contributed by atoms with E-state index in [0.717, 1.165) is 62.0 Å². The van der Waals surface area contributed by atoms with Gasteiger partial charge in [-0.15, -0.1) is 0 Å². The Labute approximate surface area is 243 Å². The van der Waals surface area contributed by atoms with Gasteiger partial charge in [0, 0.05) is 45.3 Å². The number of hydrogen-bond acceptors (Lipinski definition) is 5. The van der Waals surface area contributed by atoms with E-state index in [1.807, 2.05) is 12.1 Å². The third-order valence-corrected chi connectivity index (χ3v) is 10.1. The summed E-state index contributed by atoms with van der Waals surface area (Å²) in [5.41, 5.74) is 5.19. The van der Waals surface area contributed by atoms with Gasteiger partial charge in [0.05, 0.1) is 21.1 Å². The van der Waals surface area contributed by atoms with Gasteiger partial charge in [0.15, 0.2) is 0 Å². The molecule has 1 aromatic heterocycles. The number of aromatic nitrogens is 2. The van der Waals surface area contributed by atoms with E-state index in [1.165, 1.54) is 44.3 Å². The van der Waals surface area contributed by atoms with Crippen LogP contribution in [0, 0.1) is 5.92 Å². The third kappa shape index (κ3) is 5.82. The van der Waals surface area contributed by atoms with Crippen molar-refractivity contribution in [3.8, 4) is 0 Å². The standard InChI is InChI=1S/C31H42Cl2N6/c1-36(2)21-22-6-4-7-23(16-22)31-9-8-25(17-24(31)20-31)39(11-5-10-38-14-12-37(3)13-15-38)30-34-28-18-26(32)27(33)19-29(28)35-30/h4,6-7,16,18-19,24-25H,5,8-15,17,20-21H2,1-3H3,(H,34,35)/t24?,25-,31?/m1/s1. The predicted molar refractivity (Wildman–Crippen MR) is 163 cm³/mol. The number of nitrogens with one attached hydrogen (secondary N) is 1. The van der Waals surface area contributed by atoms with E-state index in [9.17, 15) is 0 Å². The number of hydrogen-bond donors (Lipinski definition) is 1. The number of aromatic amines is 1. The molecule has 2 saturated carbocycles. The van der Waals surface area contributed by atoms with Crippen LogP contribution in [0.3, 0.4) is 0 Å². The fourth-order valence-electron chi connectivity index (χ4n) is 7.12. The Morgan fingerprint density at radius 1 is 1.08 bits per heavy atom. The summed E-state index contributed by atoms with van der Waals surface area (Å²) < 4.78 is 0. The van der Waals surface area contributed by atoms with Crippen LogP contribution in [0.2, 0.25) is 10.0 Å². The molecule has 0 spiro atoms. The highest BCUT2D eigenvalue weighted by Crippen LogP contribution is 2.63. The molecule has 210 valence electrons. The molecule has 6 rings (SSSR count). The maximum atomic E-state index is 6.34. The summed E-state index contributed by atoms with van der Waals surface area (Å²) in [6, 6.07) is 13.7. The van der Waals surface area contributed by atoms with Crippen LogP contribution < -0.4 is 4.90 Å². The van der Waals surface area contributed by atoms with Crippen molar-refractivity contribution in [2.45, 2.75) is 50.1 Å². The number of halogens is 2. The lowest BCUT2D eigenvalue weighted by atomic mass is 9.80. The van der Waals surface area contributed by atoms with Gasteiger partial charge < -0.3 is 24.6 Å². The second-order valence-corrected chi connectivity index (χ2v) is 13.3. The summed E-state index contributed by atoms with van der Waals surface area (Å²) >= 11 is 12.7. The van der Waals surface area contributed by atoms with Crippen LogP contribution in [-0.2, 0) is 12.0 Å². The smallest absolute Gasteiger partial charge is 0.204 e. The van der Waals surface area contributed by atoms with Gasteiger partial charge in [-0.05, 0) is 94.4 Å². The average molecular weight is 570 g/mol. The van der Waals surface area contributed by atoms with E-state index in [-0.39, 0.29) is 0 Å². The van der Waals surface area contributed by atoms with Gasteiger partial charge in [-0.25, -0.2) is 4.98 Å². The molecule has 0 bridgehead atoms. The molecule has 2 heterocycles. The summed E-state index contributed by atoms with van der Waals surface area (Å²) in [6.07, 6.45) is 6.13. The summed E-state index contributed by atoms with van der Waals surface area (Å²) in [4.78, 5) is 18.5. The highest BCUT2D eigenvalue weighted by atomic mass is 35.5. The highest BCUT2D eigenvalue weighted by Gasteiger charge is 2.58. The molecule has 3 fully saturated rings. The zero-order valence-electron chi connectivity index (χ0n) is 23.6. The van der Waals surface area contributed by atoms with Crippen LogP contribution >= 0.6 is 23.2 Å². The number of imidazole rings is 1. The molecule has 2 aliphatic carbocycles. The van der Waals surface area contributed by atoms with Crippen molar-refractivity contribution in [2.75, 3.05) is 65.3 Å². The largest absolute Gasteiger partial charge is 0.339 e. The molecule has 3 aliphatic rings. The SMILES string of the molecule is CN(C)Cc1cccc(C23CC[C@@H](N(CCCN4CCN(C)CC4)c4nc5cc(Cl)c(Cl)cc5[nH]4)CC2C3)c1. The maximum Gasteiger partial charge on any atom is 0.204 e. The number of nitrogens with zero attached hydrogens (tertiary/aromatic N) is 5. The first-order valence-electron chi connectivity index (χ1n) is 14.6. The molecule has 6 nitrogen and oxygen atoms in total. The average Bonchev–Trinajstić information content (AvgIpc) is 3.53. The first-order valence-corrected chi connectivity index (χ1v) is 15.3. The Kier molecular flexibility index (Phi) is 7.86. The van der Waals surface area contributed by atoms with Crippen molar-refractivity contribution in [3.05, 3.63) is 57.6 Å². The Morgan fingerprint density at radius 2 is 1.87 bits per heavy atom. The normalized spacial score (nSPS) is 25.8. The van der Waals surface area contributed by atoms with Crippen LogP contribution in [-0.4, -0.2) is 91.1 Å². The topological polar surface area (TPSA) is 41.6 Å². The van der Waals surface area contributed by atoms with Crippen molar-refractivity contribution in [1.82, 2.24) is 24.7 Å². The van der Waals surface area contributed by atoms with E-state index in [2.05, 4.69) is 70.0 Å². The minimum absolute atomic E-state index is 0.374. The van der Waals surface area contributed by atoms with Gasteiger partial charge in [0.25, 0.3) is 0 Å². The number of H-pyrrole nitrogens is 1. The number of fused-ring (bicyclic) bond motifs is 2. The molecular weight excluding hydrogens is 527 g/mol. The second kappa shape index (κ2) is 11.2. The molecule has 1 N–H and O–H groups in total. The lowest BCUT2D eigenvalue weighted by molar-refractivity contribution is 0.153. The van der Waals surface area contributed by atoms with E-state index >= 15 is 0 Å². The van der Waals surface area contributed by atoms with E-state index in [4.69, 9.17) is 28.2 Å². The lowest BCUT2D eigenvalue weighted by Gasteiger charge is -2.38. The van der Waals surface area contributed by atoms with Crippen LogP contribution in [0.25, 0.3) is 11.0 Å². The summed E-state index contributed by atoms with van der Waals surface area (Å²) in [5.74, 6) is 1.71. The van der Waals surface area contributed by atoms with Gasteiger partial charge >= 0.3 is 0 Å². The highest BCUT2D eigenvalue weighted by molar-refractivity contribution is 6.42. The molecule has 39 heavy (non-hydrogen) atoms. The Hall–Kier alpha value is -1.83. The molecule has 2 unspecified atom stereocenters. The molecule has 2 aromatic carbocycles. The number of rotatable bonds is 9. The molecule has 3 aromatic rings. The fourth-order valence-corrected chi connectivity index (χ4v) is 7.44. The minimum atomic E-state index is 0.374. The minimum Gasteiger partial charge on any atom is -0.339 e. The molecule has 1 aliphatic heterocycles. The van der Waals surface area contributed by atoms with Crippen LogP contribution in [0.5, 0.6) is 0 Å². The summed E-state index contributed by atoms with van der Waals surface area (Å²) in [6.45, 7) is 7.81. The Bertz CT molecular complexity index is 1260. The van der Waals surface area contributed by atoms with Crippen LogP contribution in [0.4, 0.5) is 5.95 Å². The number of benzene rings is 2.